The summed E-state index contributed by atoms with van der Waals surface area (Å²) in [6.45, 7) is 0. The van der Waals surface area contributed by atoms with E-state index in [0.717, 1.165) is 18.5 Å². The first-order chi connectivity index (χ1) is 10.7. The van der Waals surface area contributed by atoms with Gasteiger partial charge in [-0.25, -0.2) is 4.98 Å². The lowest BCUT2D eigenvalue weighted by Gasteiger charge is -2.09. The van der Waals surface area contributed by atoms with Gasteiger partial charge in [-0.15, -0.1) is 0 Å². The van der Waals surface area contributed by atoms with Crippen molar-refractivity contribution in [1.29, 1.82) is 0 Å². The van der Waals surface area contributed by atoms with Crippen molar-refractivity contribution in [3.63, 3.8) is 0 Å². The van der Waals surface area contributed by atoms with E-state index in [2.05, 4.69) is 15.6 Å². The van der Waals surface area contributed by atoms with E-state index < -0.39 is 0 Å². The molecule has 2 N–H and O–H groups in total. The maximum atomic E-state index is 11.7. The molecular formula is C16H16ClN3O2. The first-order valence-corrected chi connectivity index (χ1v) is 7.41. The number of ether oxygens (including phenoxy) is 1. The molecule has 2 aromatic rings. The summed E-state index contributed by atoms with van der Waals surface area (Å²) in [5, 5.41) is 6.53. The SMILES string of the molecule is COc1ccc(Nc2ccc(NC(=O)C3CC3)cn2)cc1Cl. The number of anilines is 3. The summed E-state index contributed by atoms with van der Waals surface area (Å²) in [4.78, 5) is 15.9. The van der Waals surface area contributed by atoms with Gasteiger partial charge in [-0.2, -0.15) is 0 Å². The van der Waals surface area contributed by atoms with Crippen LogP contribution in [0.25, 0.3) is 0 Å². The Labute approximate surface area is 133 Å². The molecule has 1 aromatic carbocycles. The molecule has 1 fully saturated rings. The van der Waals surface area contributed by atoms with Crippen LogP contribution < -0.4 is 15.4 Å². The van der Waals surface area contributed by atoms with Crippen LogP contribution in [-0.2, 0) is 4.79 Å². The topological polar surface area (TPSA) is 63.2 Å². The number of nitrogens with one attached hydrogen (secondary N) is 2. The highest BCUT2D eigenvalue weighted by atomic mass is 35.5. The van der Waals surface area contributed by atoms with Gasteiger partial charge in [0.15, 0.2) is 0 Å². The summed E-state index contributed by atoms with van der Waals surface area (Å²) >= 11 is 6.08. The third-order valence-electron chi connectivity index (χ3n) is 3.40. The average Bonchev–Trinajstić information content (AvgIpc) is 3.34. The summed E-state index contributed by atoms with van der Waals surface area (Å²) in [6.07, 6.45) is 3.60. The molecule has 3 rings (SSSR count). The number of pyridine rings is 1. The second-order valence-electron chi connectivity index (χ2n) is 5.17. The smallest absolute Gasteiger partial charge is 0.227 e. The van der Waals surface area contributed by atoms with Gasteiger partial charge in [0.1, 0.15) is 11.6 Å². The molecule has 114 valence electrons. The lowest BCUT2D eigenvalue weighted by Crippen LogP contribution is -2.13. The van der Waals surface area contributed by atoms with Crippen molar-refractivity contribution in [2.75, 3.05) is 17.7 Å². The van der Waals surface area contributed by atoms with Crippen LogP contribution in [0, 0.1) is 5.92 Å². The first kappa shape index (κ1) is 14.7. The maximum Gasteiger partial charge on any atom is 0.227 e. The summed E-state index contributed by atoms with van der Waals surface area (Å²) in [7, 11) is 1.57. The van der Waals surface area contributed by atoms with Crippen molar-refractivity contribution in [1.82, 2.24) is 4.98 Å². The van der Waals surface area contributed by atoms with Crippen LogP contribution in [0.5, 0.6) is 5.75 Å². The number of carbonyl (C=O) groups excluding carboxylic acids is 1. The van der Waals surface area contributed by atoms with Crippen LogP contribution in [0.4, 0.5) is 17.2 Å². The summed E-state index contributed by atoms with van der Waals surface area (Å²) < 4.78 is 5.11. The molecule has 6 heteroatoms. The Morgan fingerprint density at radius 3 is 2.64 bits per heavy atom. The molecular weight excluding hydrogens is 302 g/mol. The van der Waals surface area contributed by atoms with E-state index in [9.17, 15) is 4.79 Å². The Hall–Kier alpha value is -2.27. The van der Waals surface area contributed by atoms with Gasteiger partial charge in [0.05, 0.1) is 24.0 Å². The molecule has 1 aromatic heterocycles. The number of methoxy groups -OCH3 is 1. The molecule has 0 bridgehead atoms. The maximum absolute atomic E-state index is 11.7. The van der Waals surface area contributed by atoms with Crippen LogP contribution in [0.2, 0.25) is 5.02 Å². The van der Waals surface area contributed by atoms with Gasteiger partial charge in [-0.3, -0.25) is 4.79 Å². The number of nitrogens with zero attached hydrogens (tertiary/aromatic N) is 1. The number of carbonyl (C=O) groups is 1. The molecule has 1 heterocycles. The zero-order valence-corrected chi connectivity index (χ0v) is 12.9. The van der Waals surface area contributed by atoms with Gasteiger partial charge in [0.25, 0.3) is 0 Å². The summed E-state index contributed by atoms with van der Waals surface area (Å²) in [6, 6.07) is 9.04. The van der Waals surface area contributed by atoms with Crippen LogP contribution >= 0.6 is 11.6 Å². The van der Waals surface area contributed by atoms with Crippen molar-refractivity contribution in [3.05, 3.63) is 41.6 Å². The standard InChI is InChI=1S/C16H16ClN3O2/c1-22-14-6-4-11(8-13(14)17)19-15-7-5-12(9-18-15)20-16(21)10-2-3-10/h4-10H,2-3H2,1H3,(H,18,19)(H,20,21). The van der Waals surface area contributed by atoms with Crippen molar-refractivity contribution in [2.24, 2.45) is 5.92 Å². The Kier molecular flexibility index (Phi) is 4.15. The number of hydrogen-bond acceptors (Lipinski definition) is 4. The highest BCUT2D eigenvalue weighted by molar-refractivity contribution is 6.32. The Bertz CT molecular complexity index is 684. The van der Waals surface area contributed by atoms with Gasteiger partial charge >= 0.3 is 0 Å². The van der Waals surface area contributed by atoms with Gasteiger partial charge in [-0.1, -0.05) is 11.6 Å². The van der Waals surface area contributed by atoms with E-state index in [1.54, 1.807) is 31.5 Å². The Morgan fingerprint density at radius 2 is 2.05 bits per heavy atom. The van der Waals surface area contributed by atoms with Gasteiger partial charge in [0.2, 0.25) is 5.91 Å². The number of hydrogen-bond donors (Lipinski definition) is 2. The van der Waals surface area contributed by atoms with E-state index in [1.807, 2.05) is 12.1 Å². The molecule has 0 spiro atoms. The second kappa shape index (κ2) is 6.23. The predicted octanol–water partition coefficient (Wildman–Crippen LogP) is 3.84. The monoisotopic (exact) mass is 317 g/mol. The van der Waals surface area contributed by atoms with Gasteiger partial charge in [-0.05, 0) is 43.2 Å². The highest BCUT2D eigenvalue weighted by Crippen LogP contribution is 2.30. The minimum Gasteiger partial charge on any atom is -0.495 e. The molecule has 22 heavy (non-hydrogen) atoms. The largest absolute Gasteiger partial charge is 0.495 e. The minimum atomic E-state index is 0.0736. The molecule has 0 aliphatic heterocycles. The second-order valence-corrected chi connectivity index (χ2v) is 5.58. The van der Waals surface area contributed by atoms with Crippen molar-refractivity contribution in [3.8, 4) is 5.75 Å². The molecule has 1 saturated carbocycles. The molecule has 5 nitrogen and oxygen atoms in total. The third-order valence-corrected chi connectivity index (χ3v) is 3.70. The van der Waals surface area contributed by atoms with E-state index in [0.29, 0.717) is 22.3 Å². The third kappa shape index (κ3) is 3.49. The molecule has 1 aliphatic carbocycles. The number of aromatic nitrogens is 1. The van der Waals surface area contributed by atoms with E-state index in [1.165, 1.54) is 0 Å². The molecule has 1 amide bonds. The zero-order valence-electron chi connectivity index (χ0n) is 12.1. The minimum absolute atomic E-state index is 0.0736. The van der Waals surface area contributed by atoms with Crippen molar-refractivity contribution < 1.29 is 9.53 Å². The van der Waals surface area contributed by atoms with Crippen LogP contribution in [-0.4, -0.2) is 18.0 Å². The Morgan fingerprint density at radius 1 is 1.27 bits per heavy atom. The van der Waals surface area contributed by atoms with Crippen LogP contribution in [0.1, 0.15) is 12.8 Å². The van der Waals surface area contributed by atoms with Crippen LogP contribution in [0.15, 0.2) is 36.5 Å². The van der Waals surface area contributed by atoms with Crippen molar-refractivity contribution in [2.45, 2.75) is 12.8 Å². The lowest BCUT2D eigenvalue weighted by atomic mass is 10.3. The fourth-order valence-corrected chi connectivity index (χ4v) is 2.28. The molecule has 0 radical (unpaired) electrons. The van der Waals surface area contributed by atoms with Crippen molar-refractivity contribution >= 4 is 34.7 Å². The van der Waals surface area contributed by atoms with E-state index >= 15 is 0 Å². The van der Waals surface area contributed by atoms with E-state index in [4.69, 9.17) is 16.3 Å². The highest BCUT2D eigenvalue weighted by Gasteiger charge is 2.29. The molecule has 0 saturated heterocycles. The number of rotatable bonds is 5. The molecule has 1 aliphatic rings. The Balaban J connectivity index is 1.65. The fourth-order valence-electron chi connectivity index (χ4n) is 2.02. The summed E-state index contributed by atoms with van der Waals surface area (Å²) in [5.74, 6) is 1.55. The number of amides is 1. The molecule has 0 atom stereocenters. The number of benzene rings is 1. The number of halogens is 1. The van der Waals surface area contributed by atoms with E-state index in [-0.39, 0.29) is 11.8 Å². The predicted molar refractivity (Wildman–Crippen MR) is 86.9 cm³/mol. The zero-order chi connectivity index (χ0) is 15.5. The fraction of sp³-hybridized carbons (Fsp3) is 0.250. The van der Waals surface area contributed by atoms with Crippen LogP contribution in [0.3, 0.4) is 0 Å². The van der Waals surface area contributed by atoms with Gasteiger partial charge in [0, 0.05) is 11.6 Å². The molecule has 0 unspecified atom stereocenters. The first-order valence-electron chi connectivity index (χ1n) is 7.03. The average molecular weight is 318 g/mol. The quantitative estimate of drug-likeness (QED) is 0.879. The lowest BCUT2D eigenvalue weighted by molar-refractivity contribution is -0.117. The normalized spacial score (nSPS) is 13.5. The van der Waals surface area contributed by atoms with Gasteiger partial charge < -0.3 is 15.4 Å². The summed E-state index contributed by atoms with van der Waals surface area (Å²) in [5.41, 5.74) is 1.52.